The molecule has 1 atom stereocenters. The number of hydrogen-bond acceptors (Lipinski definition) is 6. The van der Waals surface area contributed by atoms with Gasteiger partial charge in [0, 0.05) is 27.4 Å². The molecular formula is C26H25FN4O2S. The summed E-state index contributed by atoms with van der Waals surface area (Å²) in [6.07, 6.45) is 5.42. The van der Waals surface area contributed by atoms with Crippen molar-refractivity contribution in [3.05, 3.63) is 93.3 Å². The van der Waals surface area contributed by atoms with Crippen molar-refractivity contribution < 1.29 is 13.6 Å². The number of rotatable bonds is 6. The predicted octanol–water partition coefficient (Wildman–Crippen LogP) is 6.22. The van der Waals surface area contributed by atoms with Gasteiger partial charge in [0.15, 0.2) is 5.76 Å². The molecule has 0 saturated carbocycles. The third-order valence-electron chi connectivity index (χ3n) is 5.94. The highest BCUT2D eigenvalue weighted by Crippen LogP contribution is 2.44. The van der Waals surface area contributed by atoms with E-state index in [1.807, 2.05) is 26.0 Å². The number of benzene rings is 1. The quantitative estimate of drug-likeness (QED) is 0.345. The summed E-state index contributed by atoms with van der Waals surface area (Å²) in [5, 5.41) is 7.11. The molecule has 1 aliphatic carbocycles. The minimum Gasteiger partial charge on any atom is -0.459 e. The number of hydrogen-bond donors (Lipinski definition) is 2. The lowest BCUT2D eigenvalue weighted by atomic mass is 9.89. The molecular weight excluding hydrogens is 451 g/mol. The Morgan fingerprint density at radius 2 is 1.85 bits per heavy atom. The minimum absolute atomic E-state index is 0.227. The first-order chi connectivity index (χ1) is 16.5. The van der Waals surface area contributed by atoms with E-state index in [-0.39, 0.29) is 17.5 Å². The van der Waals surface area contributed by atoms with Crippen molar-refractivity contribution in [3.63, 3.8) is 0 Å². The molecule has 2 N–H and O–H groups in total. The first kappa shape index (κ1) is 22.3. The molecule has 5 rings (SSSR count). The number of amides is 1. The lowest BCUT2D eigenvalue weighted by Gasteiger charge is -2.24. The molecule has 1 aliphatic rings. The molecule has 3 aromatic heterocycles. The second-order valence-corrected chi connectivity index (χ2v) is 9.56. The largest absolute Gasteiger partial charge is 0.459 e. The summed E-state index contributed by atoms with van der Waals surface area (Å²) in [7, 11) is 0. The molecule has 6 nitrogen and oxygen atoms in total. The Kier molecular flexibility index (Phi) is 6.15. The van der Waals surface area contributed by atoms with Crippen LogP contribution >= 0.6 is 11.3 Å². The maximum Gasteiger partial charge on any atom is 0.291 e. The average molecular weight is 477 g/mol. The van der Waals surface area contributed by atoms with Crippen molar-refractivity contribution in [1.82, 2.24) is 9.97 Å². The SMILES string of the molecule is Cc1cc(C)nc(N[C@H](c2ccccc2F)c2c(NC(=O)c3ccco3)sc3c2CCCC3)n1. The molecule has 34 heavy (non-hydrogen) atoms. The first-order valence-electron chi connectivity index (χ1n) is 11.3. The number of fused-ring (bicyclic) bond motifs is 1. The van der Waals surface area contributed by atoms with Gasteiger partial charge in [-0.15, -0.1) is 11.3 Å². The lowest BCUT2D eigenvalue weighted by Crippen LogP contribution is -2.20. The summed E-state index contributed by atoms with van der Waals surface area (Å²) in [5.74, 6) is -0.0154. The zero-order chi connectivity index (χ0) is 23.7. The maximum atomic E-state index is 15.2. The van der Waals surface area contributed by atoms with Gasteiger partial charge in [0.1, 0.15) is 10.8 Å². The third-order valence-corrected chi connectivity index (χ3v) is 7.17. The van der Waals surface area contributed by atoms with E-state index in [0.29, 0.717) is 16.5 Å². The van der Waals surface area contributed by atoms with Crippen LogP contribution in [0.4, 0.5) is 15.3 Å². The number of nitrogens with zero attached hydrogens (tertiary/aromatic N) is 2. The van der Waals surface area contributed by atoms with Crippen LogP contribution in [0.1, 0.15) is 62.4 Å². The van der Waals surface area contributed by atoms with Crippen LogP contribution in [0, 0.1) is 19.7 Å². The second-order valence-electron chi connectivity index (χ2n) is 8.46. The molecule has 1 aromatic carbocycles. The molecule has 0 unspecified atom stereocenters. The number of thiophene rings is 1. The number of nitrogens with one attached hydrogen (secondary N) is 2. The van der Waals surface area contributed by atoms with Crippen LogP contribution in [0.15, 0.2) is 53.1 Å². The Morgan fingerprint density at radius 3 is 2.59 bits per heavy atom. The molecule has 3 heterocycles. The van der Waals surface area contributed by atoms with E-state index in [9.17, 15) is 4.79 Å². The van der Waals surface area contributed by atoms with Crippen LogP contribution < -0.4 is 10.6 Å². The van der Waals surface area contributed by atoms with Gasteiger partial charge >= 0.3 is 0 Å². The highest BCUT2D eigenvalue weighted by atomic mass is 32.1. The fourth-order valence-corrected chi connectivity index (χ4v) is 5.82. The molecule has 0 fully saturated rings. The van der Waals surface area contributed by atoms with E-state index < -0.39 is 6.04 Å². The molecule has 174 valence electrons. The van der Waals surface area contributed by atoms with E-state index in [1.165, 1.54) is 17.2 Å². The average Bonchev–Trinajstić information content (AvgIpc) is 3.46. The van der Waals surface area contributed by atoms with Crippen LogP contribution in [0.2, 0.25) is 0 Å². The van der Waals surface area contributed by atoms with E-state index in [1.54, 1.807) is 35.6 Å². The van der Waals surface area contributed by atoms with Crippen molar-refractivity contribution in [2.45, 2.75) is 45.6 Å². The molecule has 0 bridgehead atoms. The smallest absolute Gasteiger partial charge is 0.291 e. The number of furan rings is 1. The number of carbonyl (C=O) groups excluding carboxylic acids is 1. The van der Waals surface area contributed by atoms with Crippen molar-refractivity contribution in [2.24, 2.45) is 0 Å². The molecule has 1 amide bonds. The summed E-state index contributed by atoms with van der Waals surface area (Å²) in [6.45, 7) is 3.80. The summed E-state index contributed by atoms with van der Waals surface area (Å²) >= 11 is 1.56. The van der Waals surface area contributed by atoms with E-state index >= 15 is 4.39 Å². The van der Waals surface area contributed by atoms with Crippen LogP contribution in [0.5, 0.6) is 0 Å². The Hall–Kier alpha value is -3.52. The molecule has 0 aliphatic heterocycles. The monoisotopic (exact) mass is 476 g/mol. The third kappa shape index (κ3) is 4.46. The van der Waals surface area contributed by atoms with E-state index in [2.05, 4.69) is 20.6 Å². The van der Waals surface area contributed by atoms with Gasteiger partial charge in [0.05, 0.1) is 12.3 Å². The molecule has 0 saturated heterocycles. The van der Waals surface area contributed by atoms with Gasteiger partial charge in [0.25, 0.3) is 5.91 Å². The fourth-order valence-electron chi connectivity index (χ4n) is 4.50. The summed E-state index contributed by atoms with van der Waals surface area (Å²) in [5.41, 5.74) is 4.15. The Morgan fingerprint density at radius 1 is 1.09 bits per heavy atom. The summed E-state index contributed by atoms with van der Waals surface area (Å²) in [6, 6.07) is 11.3. The number of halogens is 1. The van der Waals surface area contributed by atoms with Crippen molar-refractivity contribution in [1.29, 1.82) is 0 Å². The number of aryl methyl sites for hydroxylation is 3. The van der Waals surface area contributed by atoms with Crippen LogP contribution in [0.25, 0.3) is 0 Å². The van der Waals surface area contributed by atoms with Gasteiger partial charge in [-0.2, -0.15) is 0 Å². The molecule has 4 aromatic rings. The van der Waals surface area contributed by atoms with Gasteiger partial charge in [-0.1, -0.05) is 18.2 Å². The number of aromatic nitrogens is 2. The Labute approximate surface area is 201 Å². The zero-order valence-electron chi connectivity index (χ0n) is 19.0. The van der Waals surface area contributed by atoms with Crippen LogP contribution in [0.3, 0.4) is 0 Å². The normalized spacial score (nSPS) is 13.9. The van der Waals surface area contributed by atoms with Crippen molar-refractivity contribution in [3.8, 4) is 0 Å². The second kappa shape index (κ2) is 9.38. The minimum atomic E-state index is -0.576. The van der Waals surface area contributed by atoms with E-state index in [4.69, 9.17) is 4.42 Å². The number of carbonyl (C=O) groups is 1. The van der Waals surface area contributed by atoms with Gasteiger partial charge in [-0.25, -0.2) is 14.4 Å². The molecule has 0 spiro atoms. The van der Waals surface area contributed by atoms with Crippen LogP contribution in [-0.4, -0.2) is 15.9 Å². The van der Waals surface area contributed by atoms with Crippen molar-refractivity contribution >= 4 is 28.2 Å². The van der Waals surface area contributed by atoms with E-state index in [0.717, 1.165) is 48.2 Å². The van der Waals surface area contributed by atoms with Gasteiger partial charge in [0.2, 0.25) is 5.95 Å². The summed E-state index contributed by atoms with van der Waals surface area (Å²) in [4.78, 5) is 23.2. The summed E-state index contributed by atoms with van der Waals surface area (Å²) < 4.78 is 20.5. The topological polar surface area (TPSA) is 80.0 Å². The highest BCUT2D eigenvalue weighted by Gasteiger charge is 2.31. The first-order valence-corrected chi connectivity index (χ1v) is 12.1. The van der Waals surface area contributed by atoms with Gasteiger partial charge < -0.3 is 15.1 Å². The fraction of sp³-hybridized carbons (Fsp3) is 0.269. The Bertz CT molecular complexity index is 1310. The molecule has 0 radical (unpaired) electrons. The lowest BCUT2D eigenvalue weighted by molar-refractivity contribution is 0.0997. The number of anilines is 2. The van der Waals surface area contributed by atoms with Gasteiger partial charge in [-0.3, -0.25) is 4.79 Å². The van der Waals surface area contributed by atoms with Gasteiger partial charge in [-0.05, 0) is 69.4 Å². The Balaban J connectivity index is 1.64. The van der Waals surface area contributed by atoms with Crippen molar-refractivity contribution in [2.75, 3.05) is 10.6 Å². The maximum absolute atomic E-state index is 15.2. The predicted molar refractivity (Wildman–Crippen MR) is 131 cm³/mol. The van der Waals surface area contributed by atoms with Crippen LogP contribution in [-0.2, 0) is 12.8 Å². The molecule has 8 heteroatoms. The zero-order valence-corrected chi connectivity index (χ0v) is 19.8. The standard InChI is InChI=1S/C26H25FN4O2S/c1-15-14-16(2)29-26(28-15)30-23(17-8-3-5-10-19(17)27)22-18-9-4-6-12-21(18)34-25(22)31-24(32)20-11-7-13-33-20/h3,5,7-8,10-11,13-14,23H,4,6,9,12H2,1-2H3,(H,31,32)(H,28,29,30)/t23-/m1/s1. The highest BCUT2D eigenvalue weighted by molar-refractivity contribution is 7.16.